The molecule has 126 valence electrons. The van der Waals surface area contributed by atoms with Crippen LogP contribution >= 0.6 is 0 Å². The van der Waals surface area contributed by atoms with Gasteiger partial charge in [-0.15, -0.1) is 0 Å². The third-order valence-corrected chi connectivity index (χ3v) is 4.64. The smallest absolute Gasteiger partial charge is 0.343 e. The summed E-state index contributed by atoms with van der Waals surface area (Å²) in [5, 5.41) is 0. The Morgan fingerprint density at radius 2 is 1.92 bits per heavy atom. The lowest BCUT2D eigenvalue weighted by Crippen LogP contribution is -2.36. The SMILES string of the molecule is COC(=O)[C@@]1(c2cc(C)ccc2OC)C[C@@H](c2ccccc2)CO1. The Balaban J connectivity index is 2.05. The summed E-state index contributed by atoms with van der Waals surface area (Å²) in [6, 6.07) is 15.9. The molecule has 0 spiro atoms. The van der Waals surface area contributed by atoms with Gasteiger partial charge in [0.05, 0.1) is 20.8 Å². The molecule has 0 amide bonds. The van der Waals surface area contributed by atoms with Crippen molar-refractivity contribution in [3.63, 3.8) is 0 Å². The lowest BCUT2D eigenvalue weighted by atomic mass is 9.83. The predicted molar refractivity (Wildman–Crippen MR) is 91.2 cm³/mol. The van der Waals surface area contributed by atoms with Crippen molar-refractivity contribution in [2.45, 2.75) is 24.9 Å². The minimum absolute atomic E-state index is 0.135. The van der Waals surface area contributed by atoms with E-state index in [1.165, 1.54) is 7.11 Å². The maximum absolute atomic E-state index is 12.7. The van der Waals surface area contributed by atoms with Crippen LogP contribution in [0.25, 0.3) is 0 Å². The van der Waals surface area contributed by atoms with E-state index in [1.807, 2.05) is 43.3 Å². The van der Waals surface area contributed by atoms with Crippen LogP contribution in [0.5, 0.6) is 5.75 Å². The monoisotopic (exact) mass is 326 g/mol. The van der Waals surface area contributed by atoms with Gasteiger partial charge in [0.2, 0.25) is 0 Å². The van der Waals surface area contributed by atoms with Gasteiger partial charge in [-0.05, 0) is 24.6 Å². The fourth-order valence-electron chi connectivity index (χ4n) is 3.39. The van der Waals surface area contributed by atoms with Crippen LogP contribution < -0.4 is 4.74 Å². The molecule has 3 rings (SSSR count). The molecule has 4 nitrogen and oxygen atoms in total. The zero-order valence-electron chi connectivity index (χ0n) is 14.2. The summed E-state index contributed by atoms with van der Waals surface area (Å²) in [7, 11) is 2.99. The summed E-state index contributed by atoms with van der Waals surface area (Å²) in [4.78, 5) is 12.7. The summed E-state index contributed by atoms with van der Waals surface area (Å²) in [6.45, 7) is 2.45. The van der Waals surface area contributed by atoms with E-state index in [0.29, 0.717) is 18.8 Å². The number of rotatable bonds is 4. The molecule has 0 saturated carbocycles. The Morgan fingerprint density at radius 3 is 2.58 bits per heavy atom. The van der Waals surface area contributed by atoms with Crippen molar-refractivity contribution >= 4 is 5.97 Å². The maximum atomic E-state index is 12.7. The first kappa shape index (κ1) is 16.5. The Labute approximate surface area is 142 Å². The second-order valence-corrected chi connectivity index (χ2v) is 6.15. The number of benzene rings is 2. The average molecular weight is 326 g/mol. The molecule has 0 aromatic heterocycles. The molecule has 0 N–H and O–H groups in total. The number of carbonyl (C=O) groups is 1. The summed E-state index contributed by atoms with van der Waals surface area (Å²) < 4.78 is 16.7. The van der Waals surface area contributed by atoms with E-state index < -0.39 is 5.60 Å². The van der Waals surface area contributed by atoms with Gasteiger partial charge in [-0.25, -0.2) is 4.79 Å². The molecular weight excluding hydrogens is 304 g/mol. The fraction of sp³-hybridized carbons (Fsp3) is 0.350. The molecule has 0 bridgehead atoms. The third-order valence-electron chi connectivity index (χ3n) is 4.64. The van der Waals surface area contributed by atoms with Crippen molar-refractivity contribution in [2.75, 3.05) is 20.8 Å². The van der Waals surface area contributed by atoms with Crippen LogP contribution in [0.1, 0.15) is 29.0 Å². The van der Waals surface area contributed by atoms with E-state index >= 15 is 0 Å². The van der Waals surface area contributed by atoms with Crippen molar-refractivity contribution in [2.24, 2.45) is 0 Å². The zero-order chi connectivity index (χ0) is 17.2. The molecule has 2 aromatic carbocycles. The Bertz CT molecular complexity index is 726. The van der Waals surface area contributed by atoms with E-state index in [0.717, 1.165) is 16.7 Å². The van der Waals surface area contributed by atoms with E-state index in [9.17, 15) is 4.79 Å². The van der Waals surface area contributed by atoms with Gasteiger partial charge in [-0.3, -0.25) is 0 Å². The average Bonchev–Trinajstić information content (AvgIpc) is 3.08. The summed E-state index contributed by atoms with van der Waals surface area (Å²) in [5.41, 5.74) is 1.80. The minimum Gasteiger partial charge on any atom is -0.496 e. The highest BCUT2D eigenvalue weighted by atomic mass is 16.6. The Morgan fingerprint density at radius 1 is 1.17 bits per heavy atom. The van der Waals surface area contributed by atoms with Crippen LogP contribution in [-0.2, 0) is 19.9 Å². The molecular formula is C20H22O4. The highest BCUT2D eigenvalue weighted by Crippen LogP contribution is 2.47. The van der Waals surface area contributed by atoms with Gasteiger partial charge < -0.3 is 14.2 Å². The number of esters is 1. The van der Waals surface area contributed by atoms with Crippen LogP contribution in [0.15, 0.2) is 48.5 Å². The van der Waals surface area contributed by atoms with Gasteiger partial charge in [-0.1, -0.05) is 42.0 Å². The van der Waals surface area contributed by atoms with Crippen molar-refractivity contribution in [3.05, 3.63) is 65.2 Å². The standard InChI is InChI=1S/C20H22O4/c1-14-9-10-18(22-2)17(11-14)20(19(21)23-3)12-16(13-24-20)15-7-5-4-6-8-15/h4-11,16H,12-13H2,1-3H3/t16-,20+/m1/s1. The third kappa shape index (κ3) is 2.78. The highest BCUT2D eigenvalue weighted by Gasteiger charge is 2.51. The highest BCUT2D eigenvalue weighted by molar-refractivity contribution is 5.83. The Kier molecular flexibility index (Phi) is 4.58. The summed E-state index contributed by atoms with van der Waals surface area (Å²) >= 11 is 0. The van der Waals surface area contributed by atoms with E-state index in [2.05, 4.69) is 12.1 Å². The number of aryl methyl sites for hydroxylation is 1. The van der Waals surface area contributed by atoms with Crippen LogP contribution in [0.4, 0.5) is 0 Å². The van der Waals surface area contributed by atoms with Crippen LogP contribution in [0.2, 0.25) is 0 Å². The lowest BCUT2D eigenvalue weighted by Gasteiger charge is -2.28. The topological polar surface area (TPSA) is 44.8 Å². The van der Waals surface area contributed by atoms with E-state index in [1.54, 1.807) is 7.11 Å². The largest absolute Gasteiger partial charge is 0.496 e. The van der Waals surface area contributed by atoms with Crippen LogP contribution in [-0.4, -0.2) is 26.8 Å². The zero-order valence-corrected chi connectivity index (χ0v) is 14.2. The molecule has 2 atom stereocenters. The second kappa shape index (κ2) is 6.65. The molecule has 24 heavy (non-hydrogen) atoms. The fourth-order valence-corrected chi connectivity index (χ4v) is 3.39. The first-order valence-electron chi connectivity index (χ1n) is 8.03. The molecule has 1 heterocycles. The van der Waals surface area contributed by atoms with Gasteiger partial charge in [0.1, 0.15) is 5.75 Å². The summed E-state index contributed by atoms with van der Waals surface area (Å²) in [5.74, 6) is 0.389. The van der Waals surface area contributed by atoms with Gasteiger partial charge in [0.25, 0.3) is 0 Å². The second-order valence-electron chi connectivity index (χ2n) is 6.15. The molecule has 0 aliphatic carbocycles. The number of hydrogen-bond donors (Lipinski definition) is 0. The van der Waals surface area contributed by atoms with E-state index in [-0.39, 0.29) is 11.9 Å². The molecule has 1 aliphatic rings. The Hall–Kier alpha value is -2.33. The number of hydrogen-bond acceptors (Lipinski definition) is 4. The van der Waals surface area contributed by atoms with Gasteiger partial charge >= 0.3 is 5.97 Å². The molecule has 4 heteroatoms. The maximum Gasteiger partial charge on any atom is 0.343 e. The van der Waals surface area contributed by atoms with Crippen LogP contribution in [0.3, 0.4) is 0 Å². The van der Waals surface area contributed by atoms with Crippen LogP contribution in [0, 0.1) is 6.92 Å². The molecule has 1 fully saturated rings. The van der Waals surface area contributed by atoms with Crippen molar-refractivity contribution in [3.8, 4) is 5.75 Å². The summed E-state index contributed by atoms with van der Waals surface area (Å²) in [6.07, 6.45) is 0.531. The molecule has 0 radical (unpaired) electrons. The van der Waals surface area contributed by atoms with Gasteiger partial charge in [0.15, 0.2) is 5.60 Å². The van der Waals surface area contributed by atoms with Gasteiger partial charge in [0, 0.05) is 17.9 Å². The van der Waals surface area contributed by atoms with E-state index in [4.69, 9.17) is 14.2 Å². The first-order valence-corrected chi connectivity index (χ1v) is 8.03. The number of methoxy groups -OCH3 is 2. The van der Waals surface area contributed by atoms with Gasteiger partial charge in [-0.2, -0.15) is 0 Å². The molecule has 1 saturated heterocycles. The molecule has 1 aliphatic heterocycles. The first-order chi connectivity index (χ1) is 11.6. The van der Waals surface area contributed by atoms with Crippen molar-refractivity contribution < 1.29 is 19.0 Å². The number of carbonyl (C=O) groups excluding carboxylic acids is 1. The molecule has 0 unspecified atom stereocenters. The lowest BCUT2D eigenvalue weighted by molar-refractivity contribution is -0.165. The van der Waals surface area contributed by atoms with Crippen molar-refractivity contribution in [1.82, 2.24) is 0 Å². The van der Waals surface area contributed by atoms with Crippen molar-refractivity contribution in [1.29, 1.82) is 0 Å². The molecule has 2 aromatic rings. The predicted octanol–water partition coefficient (Wildman–Crippen LogP) is 3.58. The number of ether oxygens (including phenoxy) is 3. The minimum atomic E-state index is -1.13. The quantitative estimate of drug-likeness (QED) is 0.806. The normalized spacial score (nSPS) is 23.0.